The molecule has 0 spiro atoms. The molecule has 2 aromatic rings. The second-order valence-electron chi connectivity index (χ2n) is 3.88. The molecular formula is C14H15N3O2S. The number of hydrogen-bond acceptors (Lipinski definition) is 4. The molecule has 2 N–H and O–H groups in total. The van der Waals surface area contributed by atoms with Crippen molar-refractivity contribution in [1.29, 1.82) is 0 Å². The van der Waals surface area contributed by atoms with Gasteiger partial charge in [0.05, 0.1) is 19.9 Å². The van der Waals surface area contributed by atoms with Crippen molar-refractivity contribution in [2.45, 2.75) is 0 Å². The van der Waals surface area contributed by atoms with E-state index in [2.05, 4.69) is 15.6 Å². The monoisotopic (exact) mass is 289 g/mol. The molecule has 0 fully saturated rings. The zero-order valence-corrected chi connectivity index (χ0v) is 12.0. The summed E-state index contributed by atoms with van der Waals surface area (Å²) < 4.78 is 10.5. The van der Waals surface area contributed by atoms with E-state index in [1.165, 1.54) is 0 Å². The van der Waals surface area contributed by atoms with Crippen LogP contribution in [0, 0.1) is 0 Å². The fraction of sp³-hybridized carbons (Fsp3) is 0.143. The van der Waals surface area contributed by atoms with Gasteiger partial charge < -0.3 is 20.1 Å². The zero-order valence-electron chi connectivity index (χ0n) is 11.2. The van der Waals surface area contributed by atoms with Gasteiger partial charge in [-0.25, -0.2) is 0 Å². The fourth-order valence-electron chi connectivity index (χ4n) is 1.63. The lowest BCUT2D eigenvalue weighted by Gasteiger charge is -2.14. The third-order valence-corrected chi connectivity index (χ3v) is 2.80. The average Bonchev–Trinajstić information content (AvgIpc) is 2.48. The molecule has 0 aliphatic heterocycles. The normalized spacial score (nSPS) is 9.70. The smallest absolute Gasteiger partial charge is 0.175 e. The van der Waals surface area contributed by atoms with Gasteiger partial charge in [0.2, 0.25) is 0 Å². The first kappa shape index (κ1) is 14.1. The number of rotatable bonds is 4. The fourth-order valence-corrected chi connectivity index (χ4v) is 1.86. The van der Waals surface area contributed by atoms with Crippen LogP contribution in [-0.2, 0) is 0 Å². The first-order valence-electron chi connectivity index (χ1n) is 5.93. The number of thiocarbonyl (C=S) groups is 1. The molecule has 0 atom stereocenters. The number of pyridine rings is 1. The third kappa shape index (κ3) is 3.58. The number of nitrogens with zero attached hydrogens (tertiary/aromatic N) is 1. The summed E-state index contributed by atoms with van der Waals surface area (Å²) in [7, 11) is 3.21. The van der Waals surface area contributed by atoms with Crippen molar-refractivity contribution in [2.24, 2.45) is 0 Å². The van der Waals surface area contributed by atoms with Gasteiger partial charge in [0.1, 0.15) is 11.5 Å². The lowest BCUT2D eigenvalue weighted by molar-refractivity contribution is 0.405. The van der Waals surface area contributed by atoms with Gasteiger partial charge in [-0.3, -0.25) is 4.98 Å². The molecule has 0 unspecified atom stereocenters. The maximum atomic E-state index is 5.28. The van der Waals surface area contributed by atoms with Gasteiger partial charge in [0, 0.05) is 24.1 Å². The molecule has 1 aromatic heterocycles. The van der Waals surface area contributed by atoms with E-state index >= 15 is 0 Å². The van der Waals surface area contributed by atoms with Crippen LogP contribution >= 0.6 is 12.2 Å². The van der Waals surface area contributed by atoms with Gasteiger partial charge in [-0.05, 0) is 36.5 Å². The van der Waals surface area contributed by atoms with Crippen LogP contribution < -0.4 is 20.1 Å². The van der Waals surface area contributed by atoms with Crippen LogP contribution in [0.1, 0.15) is 0 Å². The molecule has 0 amide bonds. The summed E-state index contributed by atoms with van der Waals surface area (Å²) >= 11 is 5.27. The van der Waals surface area contributed by atoms with Gasteiger partial charge in [-0.2, -0.15) is 0 Å². The largest absolute Gasteiger partial charge is 0.497 e. The first-order chi connectivity index (χ1) is 9.72. The van der Waals surface area contributed by atoms with Crippen molar-refractivity contribution in [3.8, 4) is 11.5 Å². The van der Waals surface area contributed by atoms with Crippen molar-refractivity contribution >= 4 is 28.7 Å². The molecule has 6 heteroatoms. The molecule has 104 valence electrons. The first-order valence-corrected chi connectivity index (χ1v) is 6.34. The SMILES string of the molecule is COc1ccc(OC)c(NC(=S)Nc2ccncc2)c1. The Balaban J connectivity index is 2.10. The number of anilines is 2. The van der Waals surface area contributed by atoms with Gasteiger partial charge in [-0.15, -0.1) is 0 Å². The molecule has 0 saturated carbocycles. The van der Waals surface area contributed by atoms with E-state index in [-0.39, 0.29) is 0 Å². The highest BCUT2D eigenvalue weighted by molar-refractivity contribution is 7.80. The Morgan fingerprint density at radius 1 is 1.05 bits per heavy atom. The predicted molar refractivity (Wildman–Crippen MR) is 83.6 cm³/mol. The minimum absolute atomic E-state index is 0.461. The molecule has 5 nitrogen and oxygen atoms in total. The summed E-state index contributed by atoms with van der Waals surface area (Å²) in [6.07, 6.45) is 3.38. The lowest BCUT2D eigenvalue weighted by atomic mass is 10.2. The lowest BCUT2D eigenvalue weighted by Crippen LogP contribution is -2.19. The molecular weight excluding hydrogens is 274 g/mol. The Morgan fingerprint density at radius 3 is 2.45 bits per heavy atom. The molecule has 2 rings (SSSR count). The summed E-state index contributed by atoms with van der Waals surface area (Å²) in [5, 5.41) is 6.60. The number of aromatic nitrogens is 1. The average molecular weight is 289 g/mol. The number of hydrogen-bond donors (Lipinski definition) is 2. The Hall–Kier alpha value is -2.34. The number of benzene rings is 1. The maximum Gasteiger partial charge on any atom is 0.175 e. The molecule has 0 radical (unpaired) electrons. The topological polar surface area (TPSA) is 55.4 Å². The highest BCUT2D eigenvalue weighted by Crippen LogP contribution is 2.28. The number of nitrogens with one attached hydrogen (secondary N) is 2. The second kappa shape index (κ2) is 6.72. The summed E-state index contributed by atoms with van der Waals surface area (Å²) in [6, 6.07) is 9.12. The standard InChI is InChI=1S/C14H15N3O2S/c1-18-11-3-4-13(19-2)12(9-11)17-14(20)16-10-5-7-15-8-6-10/h3-9H,1-2H3,(H2,15,16,17,20). The highest BCUT2D eigenvalue weighted by atomic mass is 32.1. The van der Waals surface area contributed by atoms with Gasteiger partial charge >= 0.3 is 0 Å². The van der Waals surface area contributed by atoms with Crippen LogP contribution in [0.5, 0.6) is 11.5 Å². The molecule has 20 heavy (non-hydrogen) atoms. The van der Waals surface area contributed by atoms with E-state index in [1.54, 1.807) is 26.6 Å². The van der Waals surface area contributed by atoms with E-state index in [0.29, 0.717) is 10.9 Å². The minimum atomic E-state index is 0.461. The minimum Gasteiger partial charge on any atom is -0.497 e. The molecule has 0 saturated heterocycles. The summed E-state index contributed by atoms with van der Waals surface area (Å²) in [4.78, 5) is 3.95. The third-order valence-electron chi connectivity index (χ3n) is 2.59. The Morgan fingerprint density at radius 2 is 1.80 bits per heavy atom. The summed E-state index contributed by atoms with van der Waals surface area (Å²) in [5.41, 5.74) is 1.60. The second-order valence-corrected chi connectivity index (χ2v) is 4.29. The Kier molecular flexibility index (Phi) is 4.73. The number of methoxy groups -OCH3 is 2. The van der Waals surface area contributed by atoms with Crippen LogP contribution in [0.2, 0.25) is 0 Å². The van der Waals surface area contributed by atoms with E-state index in [0.717, 1.165) is 17.1 Å². The van der Waals surface area contributed by atoms with E-state index < -0.39 is 0 Å². The highest BCUT2D eigenvalue weighted by Gasteiger charge is 2.07. The predicted octanol–water partition coefficient (Wildman–Crippen LogP) is 2.91. The van der Waals surface area contributed by atoms with E-state index in [4.69, 9.17) is 21.7 Å². The molecule has 0 aliphatic carbocycles. The van der Waals surface area contributed by atoms with Crippen molar-refractivity contribution in [2.75, 3.05) is 24.9 Å². The maximum absolute atomic E-state index is 5.28. The summed E-state index contributed by atoms with van der Waals surface area (Å²) in [5.74, 6) is 1.41. The molecule has 1 heterocycles. The van der Waals surface area contributed by atoms with Crippen molar-refractivity contribution < 1.29 is 9.47 Å². The van der Waals surface area contributed by atoms with Gasteiger partial charge in [-0.1, -0.05) is 0 Å². The molecule has 0 bridgehead atoms. The quantitative estimate of drug-likeness (QED) is 0.844. The van der Waals surface area contributed by atoms with Crippen molar-refractivity contribution in [1.82, 2.24) is 4.98 Å². The summed E-state index contributed by atoms with van der Waals surface area (Å²) in [6.45, 7) is 0. The van der Waals surface area contributed by atoms with Crippen LogP contribution in [0.15, 0.2) is 42.7 Å². The molecule has 0 aliphatic rings. The Labute approximate surface area is 122 Å². The Bertz CT molecular complexity index is 590. The number of ether oxygens (including phenoxy) is 2. The zero-order chi connectivity index (χ0) is 14.4. The van der Waals surface area contributed by atoms with Crippen molar-refractivity contribution in [3.63, 3.8) is 0 Å². The van der Waals surface area contributed by atoms with Crippen LogP contribution in [0.4, 0.5) is 11.4 Å². The van der Waals surface area contributed by atoms with Crippen LogP contribution in [0.25, 0.3) is 0 Å². The van der Waals surface area contributed by atoms with Crippen LogP contribution in [0.3, 0.4) is 0 Å². The van der Waals surface area contributed by atoms with E-state index in [1.807, 2.05) is 30.3 Å². The van der Waals surface area contributed by atoms with Gasteiger partial charge in [0.25, 0.3) is 0 Å². The molecule has 1 aromatic carbocycles. The van der Waals surface area contributed by atoms with Crippen LogP contribution in [-0.4, -0.2) is 24.3 Å². The van der Waals surface area contributed by atoms with Gasteiger partial charge in [0.15, 0.2) is 5.11 Å². The van der Waals surface area contributed by atoms with Crippen molar-refractivity contribution in [3.05, 3.63) is 42.7 Å². The van der Waals surface area contributed by atoms with E-state index in [9.17, 15) is 0 Å².